The Kier molecular flexibility index (Phi) is 3.86. The number of anilines is 1. The van der Waals surface area contributed by atoms with E-state index in [9.17, 15) is 4.79 Å². The van der Waals surface area contributed by atoms with E-state index in [1.165, 1.54) is 19.3 Å². The fourth-order valence-electron chi connectivity index (χ4n) is 4.22. The van der Waals surface area contributed by atoms with Crippen LogP contribution < -0.4 is 5.32 Å². The number of carbonyl (C=O) groups excluding carboxylic acids is 1. The number of amides is 1. The molecule has 1 aliphatic carbocycles. The molecule has 1 aromatic heterocycles. The molecule has 4 aliphatic rings. The summed E-state index contributed by atoms with van der Waals surface area (Å²) in [6.45, 7) is 2.25. The Hall–Kier alpha value is -1.43. The number of fused-ring (bicyclic) bond motifs is 3. The Morgan fingerprint density at radius 2 is 1.91 bits per heavy atom. The molecule has 1 amide bonds. The van der Waals surface area contributed by atoms with E-state index < -0.39 is 0 Å². The Bertz CT molecular complexity index is 530. The maximum Gasteiger partial charge on any atom is 0.270 e. The van der Waals surface area contributed by atoms with E-state index in [1.54, 1.807) is 0 Å². The van der Waals surface area contributed by atoms with Gasteiger partial charge in [0.2, 0.25) is 11.8 Å². The highest BCUT2D eigenvalue weighted by molar-refractivity contribution is 5.90. The maximum absolute atomic E-state index is 12.2. The molecule has 1 aromatic rings. The lowest BCUT2D eigenvalue weighted by Crippen LogP contribution is -2.43. The standard InChI is InChI=1S/C16H24N4O2/c21-14(12-4-2-1-3-5-12)17-16-18-15(22-19-16)13-10-11-6-8-20(13)9-7-11/h11-13H,1-10H2,(H,17,19,21). The van der Waals surface area contributed by atoms with Crippen molar-refractivity contribution >= 4 is 11.9 Å². The third kappa shape index (κ3) is 2.76. The minimum atomic E-state index is 0.0533. The van der Waals surface area contributed by atoms with Gasteiger partial charge in [-0.2, -0.15) is 4.98 Å². The van der Waals surface area contributed by atoms with E-state index >= 15 is 0 Å². The van der Waals surface area contributed by atoms with Crippen molar-refractivity contribution < 1.29 is 9.32 Å². The number of hydrogen-bond donors (Lipinski definition) is 1. The van der Waals surface area contributed by atoms with Crippen LogP contribution in [0.4, 0.5) is 5.95 Å². The van der Waals surface area contributed by atoms with Crippen molar-refractivity contribution in [1.29, 1.82) is 0 Å². The molecule has 0 radical (unpaired) electrons. The van der Waals surface area contributed by atoms with Crippen LogP contribution in [-0.2, 0) is 4.79 Å². The summed E-state index contributed by atoms with van der Waals surface area (Å²) in [5.74, 6) is 1.97. The molecule has 5 rings (SSSR count). The van der Waals surface area contributed by atoms with Gasteiger partial charge in [0.15, 0.2) is 0 Å². The second-order valence-electron chi connectivity index (χ2n) is 7.01. The third-order valence-electron chi connectivity index (χ3n) is 5.58. The lowest BCUT2D eigenvalue weighted by Gasteiger charge is -2.43. The average molecular weight is 304 g/mol. The van der Waals surface area contributed by atoms with Gasteiger partial charge in [-0.1, -0.05) is 19.3 Å². The SMILES string of the molecule is O=C(Nc1noc(C2CC3CCN2CC3)n1)C1CCCCC1. The topological polar surface area (TPSA) is 71.3 Å². The molecule has 1 unspecified atom stereocenters. The molecule has 2 bridgehead atoms. The van der Waals surface area contributed by atoms with E-state index in [1.807, 2.05) is 0 Å². The molecule has 3 saturated heterocycles. The highest BCUT2D eigenvalue weighted by Crippen LogP contribution is 2.40. The van der Waals surface area contributed by atoms with Gasteiger partial charge in [0.25, 0.3) is 5.95 Å². The molecule has 6 nitrogen and oxygen atoms in total. The van der Waals surface area contributed by atoms with Crippen molar-refractivity contribution in [2.45, 2.75) is 57.4 Å². The van der Waals surface area contributed by atoms with E-state index in [-0.39, 0.29) is 17.9 Å². The summed E-state index contributed by atoms with van der Waals surface area (Å²) in [7, 11) is 0. The predicted molar refractivity (Wildman–Crippen MR) is 81.2 cm³/mol. The molecule has 1 saturated carbocycles. The molecule has 0 spiro atoms. The van der Waals surface area contributed by atoms with Crippen molar-refractivity contribution in [3.63, 3.8) is 0 Å². The number of hydrogen-bond acceptors (Lipinski definition) is 5. The largest absolute Gasteiger partial charge is 0.336 e. The maximum atomic E-state index is 12.2. The van der Waals surface area contributed by atoms with Crippen LogP contribution in [0.1, 0.15) is 63.3 Å². The first-order valence-corrected chi connectivity index (χ1v) is 8.68. The summed E-state index contributed by atoms with van der Waals surface area (Å²) in [5, 5.41) is 6.81. The number of nitrogens with zero attached hydrogens (tertiary/aromatic N) is 3. The summed E-state index contributed by atoms with van der Waals surface area (Å²) in [6.07, 6.45) is 9.18. The Balaban J connectivity index is 1.40. The first-order chi connectivity index (χ1) is 10.8. The predicted octanol–water partition coefficient (Wildman–Crippen LogP) is 2.75. The van der Waals surface area contributed by atoms with Crippen LogP contribution in [0.15, 0.2) is 4.52 Å². The molecule has 22 heavy (non-hydrogen) atoms. The molecule has 3 aliphatic heterocycles. The number of rotatable bonds is 3. The molecule has 0 aromatic carbocycles. The van der Waals surface area contributed by atoms with Crippen LogP contribution in [0.5, 0.6) is 0 Å². The molecule has 4 fully saturated rings. The van der Waals surface area contributed by atoms with Gasteiger partial charge in [-0.3, -0.25) is 15.0 Å². The first-order valence-electron chi connectivity index (χ1n) is 8.68. The quantitative estimate of drug-likeness (QED) is 0.929. The van der Waals surface area contributed by atoms with Crippen LogP contribution in [-0.4, -0.2) is 34.0 Å². The molecular formula is C16H24N4O2. The first kappa shape index (κ1) is 14.2. The molecule has 1 atom stereocenters. The number of carbonyl (C=O) groups is 1. The minimum Gasteiger partial charge on any atom is -0.336 e. The van der Waals surface area contributed by atoms with Crippen LogP contribution in [0.25, 0.3) is 0 Å². The van der Waals surface area contributed by atoms with Crippen LogP contribution in [0.3, 0.4) is 0 Å². The molecule has 4 heterocycles. The highest BCUT2D eigenvalue weighted by Gasteiger charge is 2.37. The van der Waals surface area contributed by atoms with Crippen LogP contribution in [0.2, 0.25) is 0 Å². The van der Waals surface area contributed by atoms with Crippen LogP contribution >= 0.6 is 0 Å². The Morgan fingerprint density at radius 1 is 1.14 bits per heavy atom. The van der Waals surface area contributed by atoms with E-state index in [4.69, 9.17) is 4.52 Å². The highest BCUT2D eigenvalue weighted by atomic mass is 16.5. The fraction of sp³-hybridized carbons (Fsp3) is 0.812. The van der Waals surface area contributed by atoms with E-state index in [0.717, 1.165) is 51.1 Å². The smallest absolute Gasteiger partial charge is 0.270 e. The summed E-state index contributed by atoms with van der Waals surface area (Å²) in [6, 6.07) is 0.250. The number of aromatic nitrogens is 2. The van der Waals surface area contributed by atoms with Gasteiger partial charge in [-0.15, -0.1) is 0 Å². The van der Waals surface area contributed by atoms with Crippen LogP contribution in [0, 0.1) is 11.8 Å². The van der Waals surface area contributed by atoms with Gasteiger partial charge in [0.05, 0.1) is 6.04 Å². The van der Waals surface area contributed by atoms with Crippen molar-refractivity contribution in [1.82, 2.24) is 15.0 Å². The van der Waals surface area contributed by atoms with Gasteiger partial charge in [-0.25, -0.2) is 0 Å². The molecule has 120 valence electrons. The molecule has 6 heteroatoms. The van der Waals surface area contributed by atoms with Gasteiger partial charge >= 0.3 is 0 Å². The lowest BCUT2D eigenvalue weighted by molar-refractivity contribution is -0.120. The summed E-state index contributed by atoms with van der Waals surface area (Å²) >= 11 is 0. The van der Waals surface area contributed by atoms with E-state index in [2.05, 4.69) is 20.4 Å². The zero-order valence-electron chi connectivity index (χ0n) is 13.0. The van der Waals surface area contributed by atoms with Gasteiger partial charge < -0.3 is 4.52 Å². The molecule has 1 N–H and O–H groups in total. The van der Waals surface area contributed by atoms with E-state index in [0.29, 0.717) is 11.8 Å². The average Bonchev–Trinajstić information content (AvgIpc) is 3.05. The lowest BCUT2D eigenvalue weighted by atomic mass is 9.83. The van der Waals surface area contributed by atoms with Crippen molar-refractivity contribution in [3.8, 4) is 0 Å². The fourth-order valence-corrected chi connectivity index (χ4v) is 4.22. The van der Waals surface area contributed by atoms with Crippen molar-refractivity contribution in [3.05, 3.63) is 5.89 Å². The second kappa shape index (κ2) is 5.99. The van der Waals surface area contributed by atoms with Crippen molar-refractivity contribution in [2.24, 2.45) is 11.8 Å². The summed E-state index contributed by atoms with van der Waals surface area (Å²) in [5.41, 5.74) is 0. The van der Waals surface area contributed by atoms with Gasteiger partial charge in [-0.05, 0) is 56.3 Å². The number of nitrogens with one attached hydrogen (secondary N) is 1. The second-order valence-corrected chi connectivity index (χ2v) is 7.01. The zero-order valence-corrected chi connectivity index (χ0v) is 13.0. The normalized spacial score (nSPS) is 32.1. The van der Waals surface area contributed by atoms with Gasteiger partial charge in [0, 0.05) is 5.92 Å². The molecular weight excluding hydrogens is 280 g/mol. The zero-order chi connectivity index (χ0) is 14.9. The monoisotopic (exact) mass is 304 g/mol. The summed E-state index contributed by atoms with van der Waals surface area (Å²) in [4.78, 5) is 19.1. The van der Waals surface area contributed by atoms with Crippen molar-refractivity contribution in [2.75, 3.05) is 18.4 Å². The van der Waals surface area contributed by atoms with Gasteiger partial charge in [0.1, 0.15) is 0 Å². The Labute approximate surface area is 130 Å². The summed E-state index contributed by atoms with van der Waals surface area (Å²) < 4.78 is 5.43. The minimum absolute atomic E-state index is 0.0533. The Morgan fingerprint density at radius 3 is 2.59 bits per heavy atom. The third-order valence-corrected chi connectivity index (χ3v) is 5.58. The number of piperidine rings is 3.